The minimum atomic E-state index is -5.09. The first-order valence-corrected chi connectivity index (χ1v) is 52.8. The molecule has 0 amide bonds. The Morgan fingerprint density at radius 2 is 0.493 bits per heavy atom. The van der Waals surface area contributed by atoms with Gasteiger partial charge in [0.2, 0.25) is 0 Å². The smallest absolute Gasteiger partial charge is 0.472 e. The van der Waals surface area contributed by atoms with Crippen LogP contribution in [0.15, 0.2) is 99.1 Å². The summed E-state index contributed by atoms with van der Waals surface area (Å²) in [5.74, 6) is 1.52. The highest BCUT2D eigenvalue weighted by atomic mass is 31.2. The number of rotatable bonds is 36. The number of aromatic nitrogens is 16. The maximum Gasteiger partial charge on any atom is 0.472 e. The van der Waals surface area contributed by atoms with Gasteiger partial charge >= 0.3 is 31.3 Å². The number of nitrogens with two attached hydrogens (primary N) is 4. The van der Waals surface area contributed by atoms with Gasteiger partial charge in [-0.15, -0.1) is 0 Å². The van der Waals surface area contributed by atoms with Crippen molar-refractivity contribution in [2.45, 2.75) is 230 Å². The number of anilines is 4. The number of imidazole rings is 4. The Morgan fingerprint density at radius 3 is 0.667 bits per heavy atom. The Bertz CT molecular complexity index is 6010. The zero-order valence-electron chi connectivity index (χ0n) is 81.3. The number of benzene rings is 4. The molecule has 776 valence electrons. The lowest BCUT2D eigenvalue weighted by Crippen LogP contribution is -2.27. The number of fused-ring (bicyclic) bond motifs is 12. The minimum Gasteiger partial charge on any atom is -0.491 e. The van der Waals surface area contributed by atoms with Crippen molar-refractivity contribution in [2.75, 3.05) is 102 Å². The third-order valence-corrected chi connectivity index (χ3v) is 29.8. The molecule has 4 fully saturated rings. The van der Waals surface area contributed by atoms with Crippen molar-refractivity contribution in [1.29, 1.82) is 0 Å². The standard InChI is InChI=1S/C92H120N20O28P4/c1-89(2,3)57-25-49-21-51-27-58(90(4,5)6)29-53(78(51)126-14-18-130-142(119,120)138-62-34-70(134-66(62)38-114)110-46-106-74-82(94)98-42-102-86(74)110)23-55-31-60(92(10,11)12)32-56(80(55)128-16-20-132-144(123,124)140-64-36-72(136-68(64)40-116)112-48-108-76-84(96)100-44-104-88(76)112)24-54-30-59(91(7,8)9)28-52(79(54)127-15-19-131-143(121,122)139-63-35-71(135-67(63)39-115)111-47-107-75-83(95)99-43-103-87(75)111)22-50(26-57)77(49)125-13-17-129-141(117,118)137-61-33-69(133-65(61)37-113)109-45-105-73-81(93)97-41-101-85(73)109/h25-32,41-48,61-72,113-116H,13-24,33-40H2,1-12H3,(H,117,118)(H,119,120)(H,121,122)(H,123,124)(H2,93,97,101)(H2,94,98,102)(H2,95,99,103)(H2,96,100,104)/t61-,62-,63-,64-,65+,66+,67+,68+,69+,70+,71+,72+/m0/s1. The SMILES string of the molecule is CC(C)(C)c1cc2c(OCCOP(=O)(O)O[C@H]3C[C@H](n4cnc5c(N)ncnc54)O[C@@H]3CO)c(c1)Cc1cc(C(C)(C)C)cc(c1OCCOP(=O)(O)O[C@H]1C[C@H](n3cnc4c(N)ncnc43)O[C@@H]1CO)Cc1cc(C(C)(C)C)cc(c1OCCOP(=O)(O)O[C@H]1C[C@H](n3cnc4c(N)ncnc43)O[C@@H]1CO)Cc1cc(C(C)(C)C)cc(c1OCCOP(=O)(O)O[C@H]1C[C@H](n3cnc4c(N)ncnc43)O[C@@H]1CO)C2. The van der Waals surface area contributed by atoms with Gasteiger partial charge in [-0.1, -0.05) is 132 Å². The number of aliphatic hydroxyl groups excluding tert-OH is 4. The van der Waals surface area contributed by atoms with E-state index in [0.717, 1.165) is 22.3 Å². The Hall–Kier alpha value is -10.4. The summed E-state index contributed by atoms with van der Waals surface area (Å²) in [5, 5.41) is 42.6. The molecule has 144 heavy (non-hydrogen) atoms. The predicted molar refractivity (Wildman–Crippen MR) is 518 cm³/mol. The van der Waals surface area contributed by atoms with Gasteiger partial charge in [-0.3, -0.25) is 54.5 Å². The van der Waals surface area contributed by atoms with Gasteiger partial charge < -0.3 is 101 Å². The van der Waals surface area contributed by atoms with Crippen LogP contribution in [0, 0.1) is 0 Å². The highest BCUT2D eigenvalue weighted by Gasteiger charge is 2.48. The summed E-state index contributed by atoms with van der Waals surface area (Å²) >= 11 is 0. The van der Waals surface area contributed by atoms with Gasteiger partial charge in [-0.2, -0.15) is 0 Å². The highest BCUT2D eigenvalue weighted by Crippen LogP contribution is 2.55. The van der Waals surface area contributed by atoms with E-state index in [4.69, 9.17) is 97.0 Å². The van der Waals surface area contributed by atoms with E-state index in [-0.39, 0.29) is 120 Å². The maximum absolute atomic E-state index is 14.5. The van der Waals surface area contributed by atoms with Gasteiger partial charge in [-0.25, -0.2) is 78.1 Å². The molecule has 4 aliphatic heterocycles. The molecule has 1 aliphatic carbocycles. The van der Waals surface area contributed by atoms with Crippen LogP contribution in [0.25, 0.3) is 44.7 Å². The zero-order valence-corrected chi connectivity index (χ0v) is 84.9. The number of nitrogens with zero attached hydrogens (tertiary/aromatic N) is 16. The quantitative estimate of drug-likeness (QED) is 0.0128. The van der Waals surface area contributed by atoms with Crippen molar-refractivity contribution >= 4 is 99.2 Å². The van der Waals surface area contributed by atoms with Crippen molar-refractivity contribution in [2.24, 2.45) is 0 Å². The average Bonchev–Trinajstić information content (AvgIpc) is 1.34. The minimum absolute atomic E-state index is 0.0290. The summed E-state index contributed by atoms with van der Waals surface area (Å²) < 4.78 is 164. The largest absolute Gasteiger partial charge is 0.491 e. The monoisotopic (exact) mass is 2080 g/mol. The van der Waals surface area contributed by atoms with E-state index in [1.165, 1.54) is 50.6 Å². The number of aliphatic hydroxyl groups is 4. The number of hydrogen-bond donors (Lipinski definition) is 12. The Labute approximate surface area is 826 Å². The summed E-state index contributed by atoms with van der Waals surface area (Å²) in [6.45, 7) is 18.1. The van der Waals surface area contributed by atoms with Gasteiger partial charge in [0.15, 0.2) is 45.9 Å². The molecule has 48 nitrogen and oxygen atoms in total. The fraction of sp³-hybridized carbons (Fsp3) is 0.522. The lowest BCUT2D eigenvalue weighted by Gasteiger charge is -2.29. The van der Waals surface area contributed by atoms with E-state index in [0.29, 0.717) is 67.1 Å². The Kier molecular flexibility index (Phi) is 30.7. The lowest BCUT2D eigenvalue weighted by atomic mass is 9.79. The van der Waals surface area contributed by atoms with Gasteiger partial charge in [0.05, 0.1) is 78.2 Å². The van der Waals surface area contributed by atoms with Crippen LogP contribution in [-0.2, 0) is 121 Å². The number of phosphoric ester groups is 4. The third-order valence-electron chi connectivity index (χ3n) is 25.6. The van der Waals surface area contributed by atoms with Crippen LogP contribution in [0.4, 0.5) is 23.3 Å². The van der Waals surface area contributed by atoms with Crippen LogP contribution >= 0.6 is 31.3 Å². The van der Waals surface area contributed by atoms with Crippen molar-refractivity contribution in [3.63, 3.8) is 0 Å². The first-order valence-electron chi connectivity index (χ1n) is 46.8. The van der Waals surface area contributed by atoms with E-state index in [2.05, 4.69) is 59.8 Å². The molecule has 12 aromatic rings. The molecule has 4 aromatic carbocycles. The Balaban J connectivity index is 0.751. The second-order valence-electron chi connectivity index (χ2n) is 39.9. The van der Waals surface area contributed by atoms with Crippen LogP contribution in [0.5, 0.6) is 23.0 Å². The van der Waals surface area contributed by atoms with Crippen LogP contribution in [0.2, 0.25) is 0 Å². The van der Waals surface area contributed by atoms with Gasteiger partial charge in [-0.05, 0) is 88.4 Å². The van der Waals surface area contributed by atoms with Crippen molar-refractivity contribution in [1.82, 2.24) is 78.1 Å². The Morgan fingerprint density at radius 1 is 0.306 bits per heavy atom. The fourth-order valence-corrected chi connectivity index (χ4v) is 22.0. The molecule has 52 heteroatoms. The van der Waals surface area contributed by atoms with Crippen molar-refractivity contribution in [3.8, 4) is 23.0 Å². The topological polar surface area (TPSA) is 656 Å². The van der Waals surface area contributed by atoms with Crippen molar-refractivity contribution in [3.05, 3.63) is 166 Å². The van der Waals surface area contributed by atoms with Crippen LogP contribution in [-0.4, -0.2) is 246 Å². The first kappa shape index (κ1) is 105. The van der Waals surface area contributed by atoms with Gasteiger partial charge in [0, 0.05) is 51.4 Å². The molecule has 12 heterocycles. The van der Waals surface area contributed by atoms with Crippen molar-refractivity contribution < 1.29 is 132 Å². The van der Waals surface area contributed by atoms with Crippen LogP contribution in [0.1, 0.15) is 200 Å². The molecular formula is C92H120N20O28P4. The number of ether oxygens (including phenoxy) is 8. The molecular weight excluding hydrogens is 1960 g/mol. The van der Waals surface area contributed by atoms with E-state index in [9.17, 15) is 58.3 Å². The molecule has 8 bridgehead atoms. The molecule has 4 saturated heterocycles. The normalized spacial score (nSPS) is 23.0. The summed E-state index contributed by atoms with van der Waals surface area (Å²) in [7, 11) is -20.4. The second kappa shape index (κ2) is 42.1. The van der Waals surface area contributed by atoms with Crippen LogP contribution < -0.4 is 41.9 Å². The third kappa shape index (κ3) is 23.4. The van der Waals surface area contributed by atoms with E-state index in [1.54, 1.807) is 18.3 Å². The summed E-state index contributed by atoms with van der Waals surface area (Å²) in [5.41, 5.74) is 31.8. The molecule has 8 aromatic heterocycles. The maximum atomic E-state index is 14.5. The molecule has 0 spiro atoms. The molecule has 16 atom stereocenters. The zero-order chi connectivity index (χ0) is 103. The molecule has 4 unspecified atom stereocenters. The number of hydrogen-bond acceptors (Lipinski definition) is 40. The van der Waals surface area contributed by atoms with Gasteiger partial charge in [0.25, 0.3) is 0 Å². The van der Waals surface area contributed by atoms with E-state index in [1.807, 2.05) is 132 Å². The summed E-state index contributed by atoms with van der Waals surface area (Å²) in [6, 6.07) is 16.0. The molecule has 17 rings (SSSR count). The lowest BCUT2D eigenvalue weighted by molar-refractivity contribution is -0.0440. The molecule has 0 radical (unpaired) electrons. The second-order valence-corrected chi connectivity index (χ2v) is 45.5. The van der Waals surface area contributed by atoms with E-state index >= 15 is 0 Å². The molecule has 16 N–H and O–H groups in total. The fourth-order valence-electron chi connectivity index (χ4n) is 18.3. The van der Waals surface area contributed by atoms with Crippen LogP contribution in [0.3, 0.4) is 0 Å². The number of phosphoric acid groups is 4. The predicted octanol–water partition coefficient (Wildman–Crippen LogP) is 9.88. The van der Waals surface area contributed by atoms with E-state index < -0.39 is 206 Å². The summed E-state index contributed by atoms with van der Waals surface area (Å²) in [6.07, 6.45) is -2.61. The first-order chi connectivity index (χ1) is 68.2. The highest BCUT2D eigenvalue weighted by molar-refractivity contribution is 7.48. The average molecular weight is 2080 g/mol. The molecule has 5 aliphatic rings. The molecule has 0 saturated carbocycles. The van der Waals surface area contributed by atoms with Gasteiger partial charge in [0.1, 0.15) is 171 Å². The summed E-state index contributed by atoms with van der Waals surface area (Å²) in [4.78, 5) is 97.8. The number of nitrogen functional groups attached to an aromatic ring is 4.